The van der Waals surface area contributed by atoms with Gasteiger partial charge in [-0.05, 0) is 6.92 Å². The average molecular weight is 203 g/mol. The maximum Gasteiger partial charge on any atom is 0.323 e. The van der Waals surface area contributed by atoms with Crippen LogP contribution in [-0.2, 0) is 14.3 Å². The predicted octanol–water partition coefficient (Wildman–Crippen LogP) is -0.193. The highest BCUT2D eigenvalue weighted by atomic mass is 16.5. The summed E-state index contributed by atoms with van der Waals surface area (Å²) in [5, 5.41) is 8.98. The Hall–Kier alpha value is -0.650. The predicted molar refractivity (Wildman–Crippen MR) is 50.3 cm³/mol. The van der Waals surface area contributed by atoms with Crippen molar-refractivity contribution in [3.63, 3.8) is 0 Å². The van der Waals surface area contributed by atoms with Gasteiger partial charge in [0.15, 0.2) is 0 Å². The topological polar surface area (TPSA) is 59.0 Å². The Morgan fingerprint density at radius 3 is 3.00 bits per heavy atom. The molecular formula is C9H17NO4. The number of carboxylic acids is 1. The zero-order chi connectivity index (χ0) is 10.6. The molecule has 2 unspecified atom stereocenters. The number of methoxy groups -OCH3 is 1. The summed E-state index contributed by atoms with van der Waals surface area (Å²) in [6.45, 7) is 4.07. The first kappa shape index (κ1) is 11.4. The van der Waals surface area contributed by atoms with E-state index in [1.165, 1.54) is 7.11 Å². The van der Waals surface area contributed by atoms with Gasteiger partial charge in [0.25, 0.3) is 0 Å². The summed E-state index contributed by atoms with van der Waals surface area (Å²) in [5.74, 6) is -0.832. The Kier molecular flexibility index (Phi) is 4.31. The van der Waals surface area contributed by atoms with E-state index in [9.17, 15) is 4.79 Å². The van der Waals surface area contributed by atoms with Crippen LogP contribution >= 0.6 is 0 Å². The van der Waals surface area contributed by atoms with Gasteiger partial charge in [-0.1, -0.05) is 0 Å². The Morgan fingerprint density at radius 1 is 1.79 bits per heavy atom. The summed E-state index contributed by atoms with van der Waals surface area (Å²) >= 11 is 0. The fourth-order valence-electron chi connectivity index (χ4n) is 1.62. The van der Waals surface area contributed by atoms with Crippen LogP contribution in [0.2, 0.25) is 0 Å². The molecule has 14 heavy (non-hydrogen) atoms. The molecule has 0 bridgehead atoms. The van der Waals surface area contributed by atoms with Gasteiger partial charge in [0.2, 0.25) is 0 Å². The van der Waals surface area contributed by atoms with Crippen molar-refractivity contribution in [3.8, 4) is 0 Å². The second-order valence-electron chi connectivity index (χ2n) is 3.49. The van der Waals surface area contributed by atoms with Crippen LogP contribution in [0, 0.1) is 0 Å². The van der Waals surface area contributed by atoms with E-state index < -0.39 is 12.0 Å². The number of morpholine rings is 1. The van der Waals surface area contributed by atoms with Crippen molar-refractivity contribution < 1.29 is 19.4 Å². The fourth-order valence-corrected chi connectivity index (χ4v) is 1.62. The quantitative estimate of drug-likeness (QED) is 0.686. The molecule has 0 saturated carbocycles. The Morgan fingerprint density at radius 2 is 2.50 bits per heavy atom. The van der Waals surface area contributed by atoms with Crippen LogP contribution in [-0.4, -0.2) is 61.5 Å². The summed E-state index contributed by atoms with van der Waals surface area (Å²) in [6.07, 6.45) is 0.0995. The van der Waals surface area contributed by atoms with Crippen molar-refractivity contribution in [1.29, 1.82) is 0 Å². The summed E-state index contributed by atoms with van der Waals surface area (Å²) in [5.41, 5.74) is 0. The van der Waals surface area contributed by atoms with Crippen molar-refractivity contribution in [2.24, 2.45) is 0 Å². The minimum absolute atomic E-state index is 0.0995. The molecule has 82 valence electrons. The van der Waals surface area contributed by atoms with E-state index in [-0.39, 0.29) is 12.7 Å². The molecule has 2 atom stereocenters. The van der Waals surface area contributed by atoms with Crippen LogP contribution in [0.25, 0.3) is 0 Å². The van der Waals surface area contributed by atoms with Crippen molar-refractivity contribution in [3.05, 3.63) is 0 Å². The molecule has 0 spiro atoms. The van der Waals surface area contributed by atoms with E-state index in [1.54, 1.807) is 0 Å². The van der Waals surface area contributed by atoms with Gasteiger partial charge in [0.05, 0.1) is 19.3 Å². The molecule has 1 fully saturated rings. The third kappa shape index (κ3) is 2.94. The zero-order valence-electron chi connectivity index (χ0n) is 8.60. The van der Waals surface area contributed by atoms with Gasteiger partial charge in [-0.3, -0.25) is 9.69 Å². The normalized spacial score (nSPS) is 26.0. The summed E-state index contributed by atoms with van der Waals surface area (Å²) in [4.78, 5) is 12.8. The summed E-state index contributed by atoms with van der Waals surface area (Å²) in [6, 6.07) is -0.550. The molecule has 1 heterocycles. The SMILES string of the molecule is COCC(C(=O)O)N1CCOC(C)C1. The van der Waals surface area contributed by atoms with Crippen LogP contribution in [0.3, 0.4) is 0 Å². The lowest BCUT2D eigenvalue weighted by molar-refractivity contribution is -0.148. The van der Waals surface area contributed by atoms with Crippen LogP contribution in [0.4, 0.5) is 0 Å². The number of rotatable bonds is 4. The van der Waals surface area contributed by atoms with Gasteiger partial charge in [-0.15, -0.1) is 0 Å². The van der Waals surface area contributed by atoms with Gasteiger partial charge >= 0.3 is 5.97 Å². The minimum Gasteiger partial charge on any atom is -0.480 e. The van der Waals surface area contributed by atoms with Crippen LogP contribution in [0.5, 0.6) is 0 Å². The molecule has 0 aromatic heterocycles. The molecule has 1 saturated heterocycles. The number of hydrogen-bond donors (Lipinski definition) is 1. The van der Waals surface area contributed by atoms with Crippen molar-refractivity contribution >= 4 is 5.97 Å². The molecule has 5 heteroatoms. The standard InChI is InChI=1S/C9H17NO4/c1-7-5-10(3-4-14-7)8(6-13-2)9(11)12/h7-8H,3-6H2,1-2H3,(H,11,12). The smallest absolute Gasteiger partial charge is 0.323 e. The van der Waals surface area contributed by atoms with Crippen LogP contribution in [0.1, 0.15) is 6.92 Å². The minimum atomic E-state index is -0.832. The van der Waals surface area contributed by atoms with Crippen molar-refractivity contribution in [2.75, 3.05) is 33.4 Å². The number of hydrogen-bond acceptors (Lipinski definition) is 4. The van der Waals surface area contributed by atoms with Gasteiger partial charge < -0.3 is 14.6 Å². The van der Waals surface area contributed by atoms with E-state index in [1.807, 2.05) is 11.8 Å². The van der Waals surface area contributed by atoms with Crippen LogP contribution in [0.15, 0.2) is 0 Å². The number of carbonyl (C=O) groups is 1. The molecule has 0 aliphatic carbocycles. The fraction of sp³-hybridized carbons (Fsp3) is 0.889. The molecule has 0 radical (unpaired) electrons. The van der Waals surface area contributed by atoms with Gasteiger partial charge in [-0.2, -0.15) is 0 Å². The van der Waals surface area contributed by atoms with Crippen molar-refractivity contribution in [2.45, 2.75) is 19.1 Å². The summed E-state index contributed by atoms with van der Waals surface area (Å²) < 4.78 is 10.2. The molecular weight excluding hydrogens is 186 g/mol. The van der Waals surface area contributed by atoms with Gasteiger partial charge in [0.1, 0.15) is 6.04 Å². The zero-order valence-corrected chi connectivity index (χ0v) is 8.60. The molecule has 1 aliphatic rings. The lowest BCUT2D eigenvalue weighted by Gasteiger charge is -2.34. The second-order valence-corrected chi connectivity index (χ2v) is 3.49. The first-order valence-electron chi connectivity index (χ1n) is 4.72. The highest BCUT2D eigenvalue weighted by molar-refractivity contribution is 5.73. The molecule has 5 nitrogen and oxygen atoms in total. The van der Waals surface area contributed by atoms with Gasteiger partial charge in [0, 0.05) is 20.2 Å². The average Bonchev–Trinajstić information content (AvgIpc) is 2.13. The maximum atomic E-state index is 10.9. The lowest BCUT2D eigenvalue weighted by atomic mass is 10.2. The second kappa shape index (κ2) is 5.29. The Labute approximate surface area is 83.6 Å². The Bertz CT molecular complexity index is 197. The first-order valence-corrected chi connectivity index (χ1v) is 4.72. The Balaban J connectivity index is 2.53. The number of nitrogens with zero attached hydrogens (tertiary/aromatic N) is 1. The molecule has 0 aromatic rings. The molecule has 1 N–H and O–H groups in total. The van der Waals surface area contributed by atoms with Crippen LogP contribution < -0.4 is 0 Å². The van der Waals surface area contributed by atoms with E-state index >= 15 is 0 Å². The van der Waals surface area contributed by atoms with Gasteiger partial charge in [-0.25, -0.2) is 0 Å². The largest absolute Gasteiger partial charge is 0.480 e. The van der Waals surface area contributed by atoms with Crippen molar-refractivity contribution in [1.82, 2.24) is 4.90 Å². The molecule has 0 aromatic carbocycles. The first-order chi connectivity index (χ1) is 6.65. The van der Waals surface area contributed by atoms with E-state index in [4.69, 9.17) is 14.6 Å². The molecule has 0 amide bonds. The highest BCUT2D eigenvalue weighted by Crippen LogP contribution is 2.09. The molecule has 1 rings (SSSR count). The monoisotopic (exact) mass is 203 g/mol. The molecule has 1 aliphatic heterocycles. The maximum absolute atomic E-state index is 10.9. The summed E-state index contributed by atoms with van der Waals surface area (Å²) in [7, 11) is 1.51. The van der Waals surface area contributed by atoms with E-state index in [0.29, 0.717) is 19.7 Å². The lowest BCUT2D eigenvalue weighted by Crippen LogP contribution is -2.51. The number of carboxylic acid groups (broad SMARTS) is 1. The third-order valence-corrected chi connectivity index (χ3v) is 2.32. The number of aliphatic carboxylic acids is 1. The van der Waals surface area contributed by atoms with E-state index in [2.05, 4.69) is 0 Å². The highest BCUT2D eigenvalue weighted by Gasteiger charge is 2.29. The number of ether oxygens (including phenoxy) is 2. The van der Waals surface area contributed by atoms with E-state index in [0.717, 1.165) is 0 Å². The third-order valence-electron chi connectivity index (χ3n) is 2.32.